The van der Waals surface area contributed by atoms with Gasteiger partial charge in [-0.1, -0.05) is 11.6 Å². The van der Waals surface area contributed by atoms with Crippen molar-refractivity contribution in [2.45, 2.75) is 47.0 Å². The summed E-state index contributed by atoms with van der Waals surface area (Å²) < 4.78 is 68.3. The van der Waals surface area contributed by atoms with Crippen LogP contribution in [-0.2, 0) is 24.8 Å². The largest absolute Gasteiger partial charge is 0.484 e. The van der Waals surface area contributed by atoms with E-state index in [1.807, 2.05) is 0 Å². The van der Waals surface area contributed by atoms with Crippen molar-refractivity contribution >= 4 is 33.3 Å². The Morgan fingerprint density at radius 3 is 2.40 bits per heavy atom. The van der Waals surface area contributed by atoms with Gasteiger partial charge in [-0.05, 0) is 49.1 Å². The van der Waals surface area contributed by atoms with Crippen LogP contribution >= 0.6 is 11.6 Å². The molecular formula is C22H20ClF3N2O6S. The van der Waals surface area contributed by atoms with E-state index in [0.29, 0.717) is 18.4 Å². The predicted octanol–water partition coefficient (Wildman–Crippen LogP) is 3.24. The molecule has 1 aliphatic heterocycles. The van der Waals surface area contributed by atoms with E-state index in [-0.39, 0.29) is 28.6 Å². The van der Waals surface area contributed by atoms with Crippen molar-refractivity contribution in [1.29, 1.82) is 0 Å². The van der Waals surface area contributed by atoms with Crippen LogP contribution < -0.4 is 4.74 Å². The zero-order valence-corrected chi connectivity index (χ0v) is 19.6. The number of rotatable bonds is 7. The Labute approximate surface area is 203 Å². The quantitative estimate of drug-likeness (QED) is 0.582. The molecular weight excluding hydrogens is 513 g/mol. The molecule has 0 spiro atoms. The molecule has 0 radical (unpaired) electrons. The van der Waals surface area contributed by atoms with E-state index in [1.165, 1.54) is 12.4 Å². The normalized spacial score (nSPS) is 21.5. The minimum atomic E-state index is -4.59. The topological polar surface area (TPSA) is 114 Å². The van der Waals surface area contributed by atoms with Gasteiger partial charge in [0.15, 0.2) is 16.4 Å². The fourth-order valence-electron chi connectivity index (χ4n) is 4.32. The fraction of sp³-hybridized carbons (Fsp3) is 0.409. The summed E-state index contributed by atoms with van der Waals surface area (Å²) in [4.78, 5) is 30.0. The van der Waals surface area contributed by atoms with Crippen LogP contribution in [0.4, 0.5) is 13.2 Å². The van der Waals surface area contributed by atoms with Gasteiger partial charge < -0.3 is 14.7 Å². The number of pyridine rings is 1. The van der Waals surface area contributed by atoms with Gasteiger partial charge in [-0.25, -0.2) is 13.2 Å². The number of carbonyl (C=O) groups excluding carboxylic acids is 1. The number of halogens is 4. The van der Waals surface area contributed by atoms with E-state index in [4.69, 9.17) is 11.6 Å². The number of benzene rings is 1. The van der Waals surface area contributed by atoms with Crippen LogP contribution in [0.25, 0.3) is 0 Å². The van der Waals surface area contributed by atoms with E-state index in [9.17, 15) is 36.3 Å². The average Bonchev–Trinajstić information content (AvgIpc) is 3.47. The molecule has 2 atom stereocenters. The number of aromatic nitrogens is 1. The SMILES string of the molecule is O=C(O)[C@@H]1C[C@@H](S(=O)(=O)c2ccc(OCC(F)(F)F)cc2Cl)CN1C(=O)C1(c2ccncc2)CC1. The summed E-state index contributed by atoms with van der Waals surface area (Å²) in [5.41, 5.74) is -0.227. The third kappa shape index (κ3) is 4.94. The molecule has 1 amide bonds. The van der Waals surface area contributed by atoms with Crippen molar-refractivity contribution in [3.63, 3.8) is 0 Å². The minimum absolute atomic E-state index is 0.272. The first-order chi connectivity index (χ1) is 16.3. The molecule has 1 aromatic carbocycles. The van der Waals surface area contributed by atoms with E-state index >= 15 is 0 Å². The van der Waals surface area contributed by atoms with Crippen molar-refractivity contribution in [2.75, 3.05) is 13.2 Å². The summed E-state index contributed by atoms with van der Waals surface area (Å²) >= 11 is 6.06. The Bertz CT molecular complexity index is 1250. The van der Waals surface area contributed by atoms with E-state index in [0.717, 1.165) is 23.1 Å². The summed E-state index contributed by atoms with van der Waals surface area (Å²) in [5, 5.41) is 8.10. The standard InChI is InChI=1S/C22H20ClF3N2O6S/c23-16-9-14(34-12-22(24,25)26)1-2-18(16)35(32,33)15-10-17(19(29)30)28(11-15)20(31)21(5-6-21)13-3-7-27-8-4-13/h1-4,7-9,15,17H,5-6,10-12H2,(H,29,30)/t15-,17+/m1/s1. The first-order valence-electron chi connectivity index (χ1n) is 10.5. The lowest BCUT2D eigenvalue weighted by Gasteiger charge is -2.27. The van der Waals surface area contributed by atoms with Gasteiger partial charge in [0, 0.05) is 25.0 Å². The molecule has 1 aromatic heterocycles. The van der Waals surface area contributed by atoms with Crippen molar-refractivity contribution in [3.8, 4) is 5.75 Å². The van der Waals surface area contributed by atoms with Crippen LogP contribution in [0.1, 0.15) is 24.8 Å². The summed E-state index contributed by atoms with van der Waals surface area (Å²) in [6.45, 7) is -1.93. The number of hydrogen-bond acceptors (Lipinski definition) is 6. The Morgan fingerprint density at radius 1 is 1.20 bits per heavy atom. The number of nitrogens with zero attached hydrogens (tertiary/aromatic N) is 2. The Morgan fingerprint density at radius 2 is 1.86 bits per heavy atom. The number of likely N-dealkylation sites (tertiary alicyclic amines) is 1. The molecule has 0 bridgehead atoms. The van der Waals surface area contributed by atoms with Crippen LogP contribution in [0.15, 0.2) is 47.6 Å². The molecule has 1 N–H and O–H groups in total. The molecule has 4 rings (SSSR count). The molecule has 188 valence electrons. The second-order valence-corrected chi connectivity index (χ2v) is 11.1. The van der Waals surface area contributed by atoms with Gasteiger partial charge in [-0.2, -0.15) is 13.2 Å². The fourth-order valence-corrected chi connectivity index (χ4v) is 6.56. The molecule has 2 aromatic rings. The third-order valence-corrected chi connectivity index (χ3v) is 8.87. The van der Waals surface area contributed by atoms with Crippen LogP contribution in [-0.4, -0.2) is 65.9 Å². The van der Waals surface area contributed by atoms with Gasteiger partial charge in [0.05, 0.1) is 20.6 Å². The molecule has 2 aliphatic rings. The van der Waals surface area contributed by atoms with Gasteiger partial charge >= 0.3 is 12.1 Å². The third-order valence-electron chi connectivity index (χ3n) is 6.25. The number of hydrogen-bond donors (Lipinski definition) is 1. The summed E-state index contributed by atoms with van der Waals surface area (Å²) in [6.07, 6.45) is -0.878. The number of carboxylic acid groups (broad SMARTS) is 1. The Balaban J connectivity index is 1.58. The molecule has 1 saturated heterocycles. The molecule has 1 saturated carbocycles. The van der Waals surface area contributed by atoms with Gasteiger partial charge in [0.2, 0.25) is 5.91 Å². The van der Waals surface area contributed by atoms with Gasteiger partial charge in [-0.15, -0.1) is 0 Å². The monoisotopic (exact) mass is 532 g/mol. The first kappa shape index (κ1) is 25.2. The van der Waals surface area contributed by atoms with Gasteiger partial charge in [0.25, 0.3) is 0 Å². The number of aliphatic carboxylic acids is 1. The number of alkyl halides is 3. The number of ether oxygens (including phenoxy) is 1. The molecule has 1 aliphatic carbocycles. The predicted molar refractivity (Wildman–Crippen MR) is 117 cm³/mol. The Kier molecular flexibility index (Phi) is 6.47. The maximum Gasteiger partial charge on any atom is 0.422 e. The number of amides is 1. The molecule has 2 fully saturated rings. The van der Waals surface area contributed by atoms with Crippen LogP contribution in [0.5, 0.6) is 5.75 Å². The van der Waals surface area contributed by atoms with Crippen LogP contribution in [0, 0.1) is 0 Å². The van der Waals surface area contributed by atoms with E-state index in [2.05, 4.69) is 9.72 Å². The lowest BCUT2D eigenvalue weighted by molar-refractivity contribution is -0.153. The van der Waals surface area contributed by atoms with Crippen molar-refractivity contribution in [2.24, 2.45) is 0 Å². The zero-order chi connectivity index (χ0) is 25.6. The maximum absolute atomic E-state index is 13.4. The van der Waals surface area contributed by atoms with Crippen LogP contribution in [0.3, 0.4) is 0 Å². The summed E-state index contributed by atoms with van der Waals surface area (Å²) in [5.74, 6) is -2.06. The minimum Gasteiger partial charge on any atom is -0.484 e. The smallest absolute Gasteiger partial charge is 0.422 e. The highest BCUT2D eigenvalue weighted by atomic mass is 35.5. The van der Waals surface area contributed by atoms with E-state index < -0.39 is 51.2 Å². The zero-order valence-electron chi connectivity index (χ0n) is 18.0. The highest BCUT2D eigenvalue weighted by Gasteiger charge is 2.57. The number of carboxylic acids is 1. The summed E-state index contributed by atoms with van der Waals surface area (Å²) in [6, 6.07) is 5.01. The summed E-state index contributed by atoms with van der Waals surface area (Å²) in [7, 11) is -4.23. The average molecular weight is 533 g/mol. The van der Waals surface area contributed by atoms with Gasteiger partial charge in [0.1, 0.15) is 11.8 Å². The second-order valence-electron chi connectivity index (χ2n) is 8.53. The molecule has 2 heterocycles. The van der Waals surface area contributed by atoms with E-state index in [1.54, 1.807) is 12.1 Å². The van der Waals surface area contributed by atoms with Crippen molar-refractivity contribution in [3.05, 3.63) is 53.3 Å². The maximum atomic E-state index is 13.4. The first-order valence-corrected chi connectivity index (χ1v) is 12.4. The Hall–Kier alpha value is -2.86. The highest BCUT2D eigenvalue weighted by molar-refractivity contribution is 7.92. The second kappa shape index (κ2) is 8.98. The molecule has 0 unspecified atom stereocenters. The van der Waals surface area contributed by atoms with Crippen molar-refractivity contribution in [1.82, 2.24) is 9.88 Å². The van der Waals surface area contributed by atoms with Gasteiger partial charge in [-0.3, -0.25) is 9.78 Å². The molecule has 35 heavy (non-hydrogen) atoms. The number of sulfone groups is 1. The molecule has 13 heteroatoms. The molecule has 8 nitrogen and oxygen atoms in total. The lowest BCUT2D eigenvalue weighted by atomic mass is 9.95. The lowest BCUT2D eigenvalue weighted by Crippen LogP contribution is -2.46. The number of carbonyl (C=O) groups is 2. The van der Waals surface area contributed by atoms with Crippen LogP contribution in [0.2, 0.25) is 5.02 Å². The highest BCUT2D eigenvalue weighted by Crippen LogP contribution is 2.50. The van der Waals surface area contributed by atoms with Crippen molar-refractivity contribution < 1.29 is 41.0 Å².